The first-order valence-electron chi connectivity index (χ1n) is 5.14. The highest BCUT2D eigenvalue weighted by Crippen LogP contribution is 2.15. The number of rotatable bonds is 2. The molecule has 0 spiro atoms. The zero-order chi connectivity index (χ0) is 10.8. The summed E-state index contributed by atoms with van der Waals surface area (Å²) in [6, 6.07) is 4.17. The molecule has 0 N–H and O–H groups in total. The summed E-state index contributed by atoms with van der Waals surface area (Å²) in [6.07, 6.45) is 4.04. The van der Waals surface area contributed by atoms with Gasteiger partial charge in [0.15, 0.2) is 0 Å². The minimum Gasteiger partial charge on any atom is -0.180 e. The number of hydrogen-bond acceptors (Lipinski definition) is 2. The fourth-order valence-electron chi connectivity index (χ4n) is 1.50. The van der Waals surface area contributed by atoms with Crippen molar-refractivity contribution in [3.63, 3.8) is 0 Å². The molecule has 0 saturated carbocycles. The van der Waals surface area contributed by atoms with Crippen molar-refractivity contribution in [2.24, 2.45) is 0 Å². The van der Waals surface area contributed by atoms with Crippen molar-refractivity contribution in [2.45, 2.75) is 27.3 Å². The summed E-state index contributed by atoms with van der Waals surface area (Å²) in [6.45, 7) is 6.93. The van der Waals surface area contributed by atoms with Crippen LogP contribution in [0.1, 0.15) is 18.1 Å². The molecule has 0 aliphatic heterocycles. The molecule has 2 rings (SSSR count). The van der Waals surface area contributed by atoms with Gasteiger partial charge in [-0.25, -0.2) is 0 Å². The number of hydrogen-bond donors (Lipinski definition) is 0. The van der Waals surface area contributed by atoms with Crippen LogP contribution in [-0.4, -0.2) is 15.0 Å². The maximum Gasteiger partial charge on any atom is 0.113 e. The van der Waals surface area contributed by atoms with E-state index in [0.717, 1.165) is 17.6 Å². The van der Waals surface area contributed by atoms with E-state index < -0.39 is 0 Å². The molecule has 15 heavy (non-hydrogen) atoms. The predicted octanol–water partition coefficient (Wildman–Crippen LogP) is 2.62. The van der Waals surface area contributed by atoms with E-state index in [0.29, 0.717) is 0 Å². The highest BCUT2D eigenvalue weighted by Gasteiger charge is 2.03. The first-order chi connectivity index (χ1) is 7.20. The van der Waals surface area contributed by atoms with Crippen LogP contribution in [0.3, 0.4) is 0 Å². The van der Waals surface area contributed by atoms with Gasteiger partial charge >= 0.3 is 0 Å². The maximum absolute atomic E-state index is 4.41. The van der Waals surface area contributed by atoms with E-state index in [-0.39, 0.29) is 0 Å². The van der Waals surface area contributed by atoms with Crippen molar-refractivity contribution in [3.8, 4) is 0 Å². The first kappa shape index (κ1) is 9.90. The molecular weight excluding hydrogens is 186 g/mol. The van der Waals surface area contributed by atoms with Crippen LogP contribution in [0.5, 0.6) is 0 Å². The summed E-state index contributed by atoms with van der Waals surface area (Å²) in [7, 11) is 0. The maximum atomic E-state index is 4.41. The van der Waals surface area contributed by atoms with Crippen LogP contribution < -0.4 is 0 Å². The van der Waals surface area contributed by atoms with Crippen molar-refractivity contribution in [2.75, 3.05) is 0 Å². The Morgan fingerprint density at radius 3 is 2.13 bits per heavy atom. The van der Waals surface area contributed by atoms with E-state index in [1.807, 2.05) is 19.1 Å². The van der Waals surface area contributed by atoms with Gasteiger partial charge in [-0.05, 0) is 44.0 Å². The van der Waals surface area contributed by atoms with E-state index in [9.17, 15) is 0 Å². The summed E-state index contributed by atoms with van der Waals surface area (Å²) in [5.41, 5.74) is 4.48. The summed E-state index contributed by atoms with van der Waals surface area (Å²) in [4.78, 5) is 1.73. The van der Waals surface area contributed by atoms with Crippen molar-refractivity contribution in [3.05, 3.63) is 35.4 Å². The van der Waals surface area contributed by atoms with E-state index in [1.54, 1.807) is 4.80 Å². The third-order valence-electron chi connectivity index (χ3n) is 2.54. The van der Waals surface area contributed by atoms with Gasteiger partial charge in [-0.3, -0.25) is 0 Å². The fraction of sp³-hybridized carbons (Fsp3) is 0.333. The van der Waals surface area contributed by atoms with Gasteiger partial charge in [0.05, 0.1) is 6.54 Å². The lowest BCUT2D eigenvalue weighted by Crippen LogP contribution is -1.98. The molecule has 3 heteroatoms. The second-order valence-corrected chi connectivity index (χ2v) is 3.75. The van der Waals surface area contributed by atoms with Crippen LogP contribution in [0, 0.1) is 13.8 Å². The molecule has 2 aromatic rings. The van der Waals surface area contributed by atoms with Gasteiger partial charge in [-0.2, -0.15) is 15.0 Å². The first-order valence-corrected chi connectivity index (χ1v) is 5.14. The Hall–Kier alpha value is -1.64. The monoisotopic (exact) mass is 201 g/mol. The molecule has 0 unspecified atom stereocenters. The molecule has 0 atom stereocenters. The zero-order valence-electron chi connectivity index (χ0n) is 9.36. The average Bonchev–Trinajstić information content (AvgIpc) is 2.58. The molecule has 0 amide bonds. The Morgan fingerprint density at radius 2 is 1.67 bits per heavy atom. The molecule has 1 aromatic carbocycles. The Bertz CT molecular complexity index is 470. The quantitative estimate of drug-likeness (QED) is 0.699. The van der Waals surface area contributed by atoms with Crippen LogP contribution in [0.4, 0.5) is 0 Å². The van der Waals surface area contributed by atoms with Gasteiger partial charge in [0, 0.05) is 0 Å². The standard InChI is InChI=1S/C12H15N3/c1-4-5-6-15-13-11-7-9(2)10(3)8-12(11)14-15/h4-5,7-8H,6H2,1-3H3. The SMILES string of the molecule is CC=CCn1nc2cc(C)c(C)cc2n1. The van der Waals surface area contributed by atoms with E-state index >= 15 is 0 Å². The summed E-state index contributed by atoms with van der Waals surface area (Å²) < 4.78 is 0. The van der Waals surface area contributed by atoms with Crippen molar-refractivity contribution >= 4 is 11.0 Å². The van der Waals surface area contributed by atoms with Gasteiger partial charge in [-0.1, -0.05) is 12.2 Å². The van der Waals surface area contributed by atoms with Gasteiger partial charge < -0.3 is 0 Å². The molecule has 0 fully saturated rings. The average molecular weight is 201 g/mol. The molecule has 0 bridgehead atoms. The summed E-state index contributed by atoms with van der Waals surface area (Å²) >= 11 is 0. The third-order valence-corrected chi connectivity index (χ3v) is 2.54. The predicted molar refractivity (Wildman–Crippen MR) is 61.8 cm³/mol. The fourth-order valence-corrected chi connectivity index (χ4v) is 1.50. The Kier molecular flexibility index (Phi) is 2.54. The molecule has 3 nitrogen and oxygen atoms in total. The van der Waals surface area contributed by atoms with Gasteiger partial charge in [0.2, 0.25) is 0 Å². The Labute approximate surface area is 89.4 Å². The molecule has 1 heterocycles. The molecule has 0 radical (unpaired) electrons. The van der Waals surface area contributed by atoms with E-state index in [2.05, 4.69) is 36.2 Å². The van der Waals surface area contributed by atoms with Crippen molar-refractivity contribution in [1.29, 1.82) is 0 Å². The lowest BCUT2D eigenvalue weighted by Gasteiger charge is -1.95. The normalized spacial score (nSPS) is 11.7. The third kappa shape index (κ3) is 1.91. The van der Waals surface area contributed by atoms with Crippen LogP contribution in [0.25, 0.3) is 11.0 Å². The van der Waals surface area contributed by atoms with Crippen LogP contribution in [0.15, 0.2) is 24.3 Å². The number of benzene rings is 1. The molecule has 0 saturated heterocycles. The van der Waals surface area contributed by atoms with Gasteiger partial charge in [0.25, 0.3) is 0 Å². The van der Waals surface area contributed by atoms with E-state index in [1.165, 1.54) is 11.1 Å². The van der Waals surface area contributed by atoms with Crippen LogP contribution in [0.2, 0.25) is 0 Å². The molecular formula is C12H15N3. The minimum atomic E-state index is 0.739. The van der Waals surface area contributed by atoms with Crippen molar-refractivity contribution < 1.29 is 0 Å². The highest BCUT2D eigenvalue weighted by atomic mass is 15.5. The highest BCUT2D eigenvalue weighted by molar-refractivity contribution is 5.75. The Balaban J connectivity index is 2.46. The molecule has 78 valence electrons. The number of allylic oxidation sites excluding steroid dienone is 2. The molecule has 0 aliphatic rings. The van der Waals surface area contributed by atoms with Crippen LogP contribution >= 0.6 is 0 Å². The lowest BCUT2D eigenvalue weighted by atomic mass is 10.1. The van der Waals surface area contributed by atoms with Gasteiger partial charge in [-0.15, -0.1) is 0 Å². The minimum absolute atomic E-state index is 0.739. The lowest BCUT2D eigenvalue weighted by molar-refractivity contribution is 0.611. The molecule has 1 aromatic heterocycles. The molecule has 0 aliphatic carbocycles. The number of aryl methyl sites for hydroxylation is 2. The smallest absolute Gasteiger partial charge is 0.113 e. The number of fused-ring (bicyclic) bond motifs is 1. The topological polar surface area (TPSA) is 30.7 Å². The van der Waals surface area contributed by atoms with Crippen LogP contribution in [-0.2, 0) is 6.54 Å². The zero-order valence-corrected chi connectivity index (χ0v) is 9.36. The summed E-state index contributed by atoms with van der Waals surface area (Å²) in [5.74, 6) is 0. The van der Waals surface area contributed by atoms with Gasteiger partial charge in [0.1, 0.15) is 11.0 Å². The summed E-state index contributed by atoms with van der Waals surface area (Å²) in [5, 5.41) is 8.81. The Morgan fingerprint density at radius 1 is 1.13 bits per heavy atom. The second-order valence-electron chi connectivity index (χ2n) is 3.75. The van der Waals surface area contributed by atoms with E-state index in [4.69, 9.17) is 0 Å². The van der Waals surface area contributed by atoms with Crippen molar-refractivity contribution in [1.82, 2.24) is 15.0 Å². The second kappa shape index (κ2) is 3.85. The largest absolute Gasteiger partial charge is 0.180 e. The number of aromatic nitrogens is 3. The number of nitrogens with zero attached hydrogens (tertiary/aromatic N) is 3.